The Labute approximate surface area is 189 Å². The molecule has 8 nitrogen and oxygen atoms in total. The Balaban J connectivity index is 1.19. The van der Waals surface area contributed by atoms with Crippen molar-refractivity contribution >= 4 is 23.5 Å². The number of likely N-dealkylation sites (tertiary alicyclic amines) is 1. The summed E-state index contributed by atoms with van der Waals surface area (Å²) in [5.41, 5.74) is 7.50. The molecule has 2 amide bonds. The third kappa shape index (κ3) is 5.82. The van der Waals surface area contributed by atoms with E-state index in [1.807, 2.05) is 18.2 Å². The molecule has 0 bridgehead atoms. The van der Waals surface area contributed by atoms with E-state index < -0.39 is 0 Å². The summed E-state index contributed by atoms with van der Waals surface area (Å²) in [6.45, 7) is 4.41. The first kappa shape index (κ1) is 22.2. The van der Waals surface area contributed by atoms with Crippen LogP contribution in [0.5, 0.6) is 0 Å². The second-order valence-electron chi connectivity index (χ2n) is 8.76. The van der Waals surface area contributed by atoms with Gasteiger partial charge >= 0.3 is 0 Å². The average Bonchev–Trinajstić information content (AvgIpc) is 2.84. The summed E-state index contributed by atoms with van der Waals surface area (Å²) < 4.78 is 0. The minimum atomic E-state index is -0.168. The Bertz CT molecular complexity index is 888. The Morgan fingerprint density at radius 3 is 2.19 bits per heavy atom. The lowest BCUT2D eigenvalue weighted by molar-refractivity contribution is -0.123. The first-order valence-electron chi connectivity index (χ1n) is 11.5. The highest BCUT2D eigenvalue weighted by Gasteiger charge is 2.26. The quantitative estimate of drug-likeness (QED) is 0.689. The van der Waals surface area contributed by atoms with E-state index in [1.165, 1.54) is 5.56 Å². The molecule has 2 saturated heterocycles. The van der Waals surface area contributed by atoms with Crippen molar-refractivity contribution in [3.8, 4) is 0 Å². The van der Waals surface area contributed by atoms with E-state index >= 15 is 0 Å². The number of piperidine rings is 2. The van der Waals surface area contributed by atoms with Gasteiger partial charge in [0.25, 0.3) is 0 Å². The Morgan fingerprint density at radius 2 is 1.56 bits per heavy atom. The van der Waals surface area contributed by atoms with Crippen molar-refractivity contribution in [3.05, 3.63) is 48.3 Å². The minimum Gasteiger partial charge on any atom is -0.369 e. The van der Waals surface area contributed by atoms with Crippen LogP contribution in [-0.4, -0.2) is 59.4 Å². The van der Waals surface area contributed by atoms with Gasteiger partial charge in [-0.25, -0.2) is 9.97 Å². The molecule has 0 atom stereocenters. The van der Waals surface area contributed by atoms with Gasteiger partial charge in [-0.15, -0.1) is 0 Å². The maximum atomic E-state index is 12.7. The molecule has 170 valence electrons. The van der Waals surface area contributed by atoms with E-state index in [1.54, 1.807) is 12.4 Å². The fourth-order valence-corrected chi connectivity index (χ4v) is 4.52. The normalized spacial score (nSPS) is 18.4. The van der Waals surface area contributed by atoms with Crippen LogP contribution in [0.3, 0.4) is 0 Å². The molecule has 0 saturated carbocycles. The Hall–Kier alpha value is -3.00. The molecule has 8 heteroatoms. The van der Waals surface area contributed by atoms with Gasteiger partial charge in [-0.2, -0.15) is 0 Å². The number of benzene rings is 1. The highest BCUT2D eigenvalue weighted by Crippen LogP contribution is 2.22. The standard InChI is InChI=1S/C24H32N6O2/c25-22(31)19-7-14-29(15-8-19)13-6-18-2-4-21(5-3-18)28-23(32)20-9-16-30(17-10-20)24-26-11-1-12-27-24/h1-5,11-12,19-20H,6-10,13-17H2,(H2,25,31)(H,28,32). The number of rotatable bonds is 7. The van der Waals surface area contributed by atoms with Crippen molar-refractivity contribution in [2.24, 2.45) is 17.6 Å². The number of carbonyl (C=O) groups excluding carboxylic acids is 2. The molecular formula is C24H32N6O2. The molecule has 3 heterocycles. The van der Waals surface area contributed by atoms with Gasteiger partial charge in [0, 0.05) is 49.6 Å². The first-order chi connectivity index (χ1) is 15.6. The molecule has 1 aromatic carbocycles. The smallest absolute Gasteiger partial charge is 0.227 e. The summed E-state index contributed by atoms with van der Waals surface area (Å²) in [4.78, 5) is 37.1. The number of hydrogen-bond donors (Lipinski definition) is 2. The lowest BCUT2D eigenvalue weighted by atomic mass is 9.96. The number of carbonyl (C=O) groups is 2. The topological polar surface area (TPSA) is 104 Å². The maximum Gasteiger partial charge on any atom is 0.227 e. The lowest BCUT2D eigenvalue weighted by Crippen LogP contribution is -2.39. The van der Waals surface area contributed by atoms with Crippen LogP contribution in [0.25, 0.3) is 0 Å². The van der Waals surface area contributed by atoms with Gasteiger partial charge in [-0.05, 0) is 69.0 Å². The Kier molecular flexibility index (Phi) is 7.32. The number of aromatic nitrogens is 2. The number of anilines is 2. The fourth-order valence-electron chi connectivity index (χ4n) is 4.52. The number of hydrogen-bond acceptors (Lipinski definition) is 6. The third-order valence-electron chi connectivity index (χ3n) is 6.63. The van der Waals surface area contributed by atoms with Gasteiger partial charge < -0.3 is 20.9 Å². The fraction of sp³-hybridized carbons (Fsp3) is 0.500. The van der Waals surface area contributed by atoms with Gasteiger partial charge in [0.05, 0.1) is 0 Å². The number of nitrogens with zero attached hydrogens (tertiary/aromatic N) is 4. The molecule has 2 aromatic rings. The predicted octanol–water partition coefficient (Wildman–Crippen LogP) is 2.07. The molecule has 1 aromatic heterocycles. The molecular weight excluding hydrogens is 404 g/mol. The number of nitrogens with one attached hydrogen (secondary N) is 1. The van der Waals surface area contributed by atoms with Crippen molar-refractivity contribution in [2.75, 3.05) is 42.9 Å². The van der Waals surface area contributed by atoms with Crippen LogP contribution < -0.4 is 16.0 Å². The monoisotopic (exact) mass is 436 g/mol. The van der Waals surface area contributed by atoms with Crippen molar-refractivity contribution < 1.29 is 9.59 Å². The van der Waals surface area contributed by atoms with E-state index in [4.69, 9.17) is 5.73 Å². The van der Waals surface area contributed by atoms with Crippen molar-refractivity contribution in [1.29, 1.82) is 0 Å². The summed E-state index contributed by atoms with van der Waals surface area (Å²) >= 11 is 0. The van der Waals surface area contributed by atoms with Gasteiger partial charge in [-0.1, -0.05) is 12.1 Å². The number of amides is 2. The van der Waals surface area contributed by atoms with Crippen LogP contribution in [0.2, 0.25) is 0 Å². The summed E-state index contributed by atoms with van der Waals surface area (Å²) in [7, 11) is 0. The average molecular weight is 437 g/mol. The van der Waals surface area contributed by atoms with E-state index in [0.717, 1.165) is 76.5 Å². The van der Waals surface area contributed by atoms with E-state index in [9.17, 15) is 9.59 Å². The molecule has 0 unspecified atom stereocenters. The third-order valence-corrected chi connectivity index (χ3v) is 6.63. The van der Waals surface area contributed by atoms with E-state index in [2.05, 4.69) is 37.2 Å². The minimum absolute atomic E-state index is 0.0120. The highest BCUT2D eigenvalue weighted by atomic mass is 16.2. The molecule has 2 aliphatic rings. The summed E-state index contributed by atoms with van der Waals surface area (Å²) in [5.74, 6) is 0.701. The molecule has 4 rings (SSSR count). The molecule has 3 N–H and O–H groups in total. The summed E-state index contributed by atoms with van der Waals surface area (Å²) in [6.07, 6.45) is 7.77. The van der Waals surface area contributed by atoms with Gasteiger partial charge in [0.2, 0.25) is 17.8 Å². The molecule has 0 aliphatic carbocycles. The molecule has 32 heavy (non-hydrogen) atoms. The van der Waals surface area contributed by atoms with Crippen LogP contribution in [-0.2, 0) is 16.0 Å². The number of nitrogens with two attached hydrogens (primary N) is 1. The van der Waals surface area contributed by atoms with Crippen LogP contribution >= 0.6 is 0 Å². The number of primary amides is 1. The van der Waals surface area contributed by atoms with Gasteiger partial charge in [-0.3, -0.25) is 9.59 Å². The molecule has 2 fully saturated rings. The van der Waals surface area contributed by atoms with Gasteiger partial charge in [0.15, 0.2) is 0 Å². The van der Waals surface area contributed by atoms with E-state index in [-0.39, 0.29) is 23.7 Å². The largest absolute Gasteiger partial charge is 0.369 e. The molecule has 2 aliphatic heterocycles. The maximum absolute atomic E-state index is 12.7. The van der Waals surface area contributed by atoms with Crippen LogP contribution in [0.15, 0.2) is 42.7 Å². The lowest BCUT2D eigenvalue weighted by Gasteiger charge is -2.31. The van der Waals surface area contributed by atoms with E-state index in [0.29, 0.717) is 0 Å². The predicted molar refractivity (Wildman–Crippen MR) is 124 cm³/mol. The molecule has 0 radical (unpaired) electrons. The zero-order chi connectivity index (χ0) is 22.3. The molecule has 0 spiro atoms. The zero-order valence-corrected chi connectivity index (χ0v) is 18.4. The van der Waals surface area contributed by atoms with Crippen LogP contribution in [0.1, 0.15) is 31.2 Å². The summed E-state index contributed by atoms with van der Waals surface area (Å²) in [5, 5.41) is 3.07. The Morgan fingerprint density at radius 1 is 0.938 bits per heavy atom. The van der Waals surface area contributed by atoms with Gasteiger partial charge in [0.1, 0.15) is 0 Å². The van der Waals surface area contributed by atoms with Crippen molar-refractivity contribution in [3.63, 3.8) is 0 Å². The second-order valence-corrected chi connectivity index (χ2v) is 8.76. The van der Waals surface area contributed by atoms with Crippen molar-refractivity contribution in [2.45, 2.75) is 32.1 Å². The highest BCUT2D eigenvalue weighted by molar-refractivity contribution is 5.92. The second kappa shape index (κ2) is 10.5. The van der Waals surface area contributed by atoms with Crippen LogP contribution in [0, 0.1) is 11.8 Å². The first-order valence-corrected chi connectivity index (χ1v) is 11.5. The van der Waals surface area contributed by atoms with Crippen molar-refractivity contribution in [1.82, 2.24) is 14.9 Å². The summed E-state index contributed by atoms with van der Waals surface area (Å²) in [6, 6.07) is 9.95. The SMILES string of the molecule is NC(=O)C1CCN(CCc2ccc(NC(=O)C3CCN(c4ncccn4)CC3)cc2)CC1. The van der Waals surface area contributed by atoms with Crippen LogP contribution in [0.4, 0.5) is 11.6 Å². The zero-order valence-electron chi connectivity index (χ0n) is 18.4.